The van der Waals surface area contributed by atoms with Crippen molar-refractivity contribution in [1.29, 1.82) is 0 Å². The molecular weight excluding hydrogens is 286 g/mol. The number of hydrogen-bond donors (Lipinski definition) is 1. The first kappa shape index (κ1) is 13.9. The Labute approximate surface area is 125 Å². The molecule has 3 rings (SSSR count). The van der Waals surface area contributed by atoms with Gasteiger partial charge < -0.3 is 18.9 Å². The fourth-order valence-electron chi connectivity index (χ4n) is 2.29. The van der Waals surface area contributed by atoms with E-state index in [9.17, 15) is 9.59 Å². The number of rotatable bonds is 3. The highest BCUT2D eigenvalue weighted by Gasteiger charge is 2.18. The molecule has 0 radical (unpaired) electrons. The zero-order chi connectivity index (χ0) is 15.7. The van der Waals surface area contributed by atoms with Gasteiger partial charge in [0.1, 0.15) is 5.75 Å². The first-order valence-corrected chi connectivity index (χ1v) is 6.56. The van der Waals surface area contributed by atoms with Gasteiger partial charge in [-0.15, -0.1) is 0 Å². The highest BCUT2D eigenvalue weighted by atomic mass is 16.5. The molecule has 1 aromatic carbocycles. The minimum atomic E-state index is -0.601. The average Bonchev–Trinajstić information content (AvgIpc) is 3.13. The number of nitrogens with one attached hydrogen (secondary N) is 1. The summed E-state index contributed by atoms with van der Waals surface area (Å²) >= 11 is 0. The summed E-state index contributed by atoms with van der Waals surface area (Å²) < 4.78 is 15.0. The molecule has 3 aromatic rings. The zero-order valence-electron chi connectivity index (χ0n) is 12.0. The topological polar surface area (TPSA) is 81.5 Å². The molecule has 0 bridgehead atoms. The maximum absolute atomic E-state index is 11.9. The molecule has 112 valence electrons. The van der Waals surface area contributed by atoms with Gasteiger partial charge in [0.05, 0.1) is 18.9 Å². The molecule has 0 amide bonds. The van der Waals surface area contributed by atoms with E-state index in [1.54, 1.807) is 31.2 Å². The van der Waals surface area contributed by atoms with Crippen LogP contribution in [-0.2, 0) is 4.74 Å². The van der Waals surface area contributed by atoms with Crippen LogP contribution >= 0.6 is 0 Å². The molecule has 0 saturated carbocycles. The van der Waals surface area contributed by atoms with Crippen molar-refractivity contribution in [3.05, 3.63) is 53.6 Å². The molecule has 22 heavy (non-hydrogen) atoms. The molecule has 1 N–H and O–H groups in total. The lowest BCUT2D eigenvalue weighted by molar-refractivity contribution is 0.0602. The zero-order valence-corrected chi connectivity index (χ0v) is 12.0. The number of H-pyrrole nitrogens is 1. The summed E-state index contributed by atoms with van der Waals surface area (Å²) in [6.07, 6.45) is 1.39. The Morgan fingerprint density at radius 1 is 1.18 bits per heavy atom. The number of benzene rings is 1. The fraction of sp³-hybridized carbons (Fsp3) is 0.125. The fourth-order valence-corrected chi connectivity index (χ4v) is 2.29. The lowest BCUT2D eigenvalue weighted by Gasteiger charge is -2.03. The first-order valence-electron chi connectivity index (χ1n) is 6.56. The number of furan rings is 1. The summed E-state index contributed by atoms with van der Waals surface area (Å²) in [5, 5.41) is 0.633. The van der Waals surface area contributed by atoms with Crippen molar-refractivity contribution < 1.29 is 23.5 Å². The second-order valence-corrected chi connectivity index (χ2v) is 4.69. The highest BCUT2D eigenvalue weighted by Crippen LogP contribution is 2.27. The Morgan fingerprint density at radius 3 is 2.68 bits per heavy atom. The number of esters is 2. The second kappa shape index (κ2) is 5.40. The van der Waals surface area contributed by atoms with Crippen LogP contribution in [0.1, 0.15) is 26.6 Å². The Bertz CT molecular complexity index is 845. The van der Waals surface area contributed by atoms with Crippen molar-refractivity contribution in [2.75, 3.05) is 7.11 Å². The molecular formula is C16H13NO5. The largest absolute Gasteiger partial charge is 0.465 e. The van der Waals surface area contributed by atoms with Crippen LogP contribution in [0.15, 0.2) is 41.0 Å². The lowest BCUT2D eigenvalue weighted by Crippen LogP contribution is -2.07. The van der Waals surface area contributed by atoms with E-state index >= 15 is 0 Å². The summed E-state index contributed by atoms with van der Waals surface area (Å²) in [7, 11) is 1.32. The summed E-state index contributed by atoms with van der Waals surface area (Å²) in [5.41, 5.74) is 1.88. The number of aromatic amines is 1. The Balaban J connectivity index is 1.98. The van der Waals surface area contributed by atoms with Crippen LogP contribution in [0.4, 0.5) is 0 Å². The van der Waals surface area contributed by atoms with Crippen LogP contribution in [0.25, 0.3) is 10.9 Å². The van der Waals surface area contributed by atoms with Crippen molar-refractivity contribution >= 4 is 22.8 Å². The van der Waals surface area contributed by atoms with E-state index in [1.165, 1.54) is 19.4 Å². The third-order valence-electron chi connectivity index (χ3n) is 3.28. The van der Waals surface area contributed by atoms with E-state index in [2.05, 4.69) is 4.98 Å². The van der Waals surface area contributed by atoms with E-state index in [0.29, 0.717) is 22.4 Å². The lowest BCUT2D eigenvalue weighted by atomic mass is 10.1. The van der Waals surface area contributed by atoms with Crippen molar-refractivity contribution in [3.63, 3.8) is 0 Å². The maximum Gasteiger partial charge on any atom is 0.379 e. The predicted octanol–water partition coefficient (Wildman–Crippen LogP) is 3.08. The van der Waals surface area contributed by atoms with E-state index in [0.717, 1.165) is 5.52 Å². The number of ether oxygens (including phenoxy) is 2. The molecule has 2 aromatic heterocycles. The number of fused-ring (bicyclic) bond motifs is 1. The number of aromatic nitrogens is 1. The summed E-state index contributed by atoms with van der Waals surface area (Å²) in [5.74, 6) is -0.619. The van der Waals surface area contributed by atoms with E-state index in [4.69, 9.17) is 13.9 Å². The molecule has 0 atom stereocenters. The van der Waals surface area contributed by atoms with E-state index in [-0.39, 0.29) is 5.76 Å². The van der Waals surface area contributed by atoms with Gasteiger partial charge in [-0.3, -0.25) is 0 Å². The van der Waals surface area contributed by atoms with Crippen molar-refractivity contribution in [2.24, 2.45) is 0 Å². The molecule has 0 saturated heterocycles. The van der Waals surface area contributed by atoms with Gasteiger partial charge in [-0.2, -0.15) is 0 Å². The molecule has 6 nitrogen and oxygen atoms in total. The Morgan fingerprint density at radius 2 is 2.00 bits per heavy atom. The molecule has 6 heteroatoms. The van der Waals surface area contributed by atoms with Gasteiger partial charge >= 0.3 is 11.9 Å². The molecule has 0 aliphatic heterocycles. The molecule has 0 aliphatic rings. The minimum Gasteiger partial charge on any atom is -0.465 e. The molecule has 0 fully saturated rings. The number of carbonyl (C=O) groups is 2. The van der Waals surface area contributed by atoms with E-state index < -0.39 is 11.9 Å². The van der Waals surface area contributed by atoms with Crippen LogP contribution in [0.3, 0.4) is 0 Å². The minimum absolute atomic E-state index is 0.110. The van der Waals surface area contributed by atoms with Crippen LogP contribution in [0, 0.1) is 6.92 Å². The molecule has 0 spiro atoms. The maximum atomic E-state index is 11.9. The van der Waals surface area contributed by atoms with Gasteiger partial charge in [-0.1, -0.05) is 0 Å². The van der Waals surface area contributed by atoms with Crippen molar-refractivity contribution in [1.82, 2.24) is 4.98 Å². The summed E-state index contributed by atoms with van der Waals surface area (Å²) in [6.45, 7) is 1.78. The normalized spacial score (nSPS) is 10.6. The highest BCUT2D eigenvalue weighted by molar-refractivity contribution is 6.06. The second-order valence-electron chi connectivity index (χ2n) is 4.69. The van der Waals surface area contributed by atoms with Crippen LogP contribution in [0.2, 0.25) is 0 Å². The third-order valence-corrected chi connectivity index (χ3v) is 3.28. The van der Waals surface area contributed by atoms with Gasteiger partial charge in [-0.05, 0) is 37.3 Å². The van der Waals surface area contributed by atoms with Gasteiger partial charge in [0.15, 0.2) is 0 Å². The van der Waals surface area contributed by atoms with Crippen LogP contribution < -0.4 is 4.74 Å². The molecule has 0 unspecified atom stereocenters. The monoisotopic (exact) mass is 299 g/mol. The van der Waals surface area contributed by atoms with Gasteiger partial charge in [0.2, 0.25) is 5.76 Å². The Hall–Kier alpha value is -3.02. The molecule has 0 aliphatic carbocycles. The number of aryl methyl sites for hydroxylation is 1. The summed E-state index contributed by atoms with van der Waals surface area (Å²) in [6, 6.07) is 8.11. The van der Waals surface area contributed by atoms with Crippen LogP contribution in [0.5, 0.6) is 5.75 Å². The number of carbonyl (C=O) groups excluding carboxylic acids is 2. The van der Waals surface area contributed by atoms with Gasteiger partial charge in [-0.25, -0.2) is 9.59 Å². The SMILES string of the molecule is COC(=O)c1c(C)[nH]c2ccc(OC(=O)c3ccco3)cc12. The van der Waals surface area contributed by atoms with Gasteiger partial charge in [0, 0.05) is 16.6 Å². The standard InChI is InChI=1S/C16H13NO5/c1-9-14(16(19)20-2)11-8-10(5-6-12(11)17-9)22-15(18)13-4-3-7-21-13/h3-8,17H,1-2H3. The number of hydrogen-bond acceptors (Lipinski definition) is 5. The first-order chi connectivity index (χ1) is 10.6. The Kier molecular flexibility index (Phi) is 3.42. The average molecular weight is 299 g/mol. The third kappa shape index (κ3) is 2.35. The smallest absolute Gasteiger partial charge is 0.379 e. The predicted molar refractivity (Wildman–Crippen MR) is 78.0 cm³/mol. The summed E-state index contributed by atoms with van der Waals surface area (Å²) in [4.78, 5) is 26.8. The quantitative estimate of drug-likeness (QED) is 0.593. The van der Waals surface area contributed by atoms with Crippen LogP contribution in [-0.4, -0.2) is 24.0 Å². The molecule has 2 heterocycles. The number of methoxy groups -OCH3 is 1. The van der Waals surface area contributed by atoms with Crippen molar-refractivity contribution in [3.8, 4) is 5.75 Å². The van der Waals surface area contributed by atoms with Gasteiger partial charge in [0.25, 0.3) is 0 Å². The van der Waals surface area contributed by atoms with Crippen molar-refractivity contribution in [2.45, 2.75) is 6.92 Å². The van der Waals surface area contributed by atoms with E-state index in [1.807, 2.05) is 0 Å².